The van der Waals surface area contributed by atoms with E-state index < -0.39 is 11.4 Å². The average Bonchev–Trinajstić information content (AvgIpc) is 2.48. The van der Waals surface area contributed by atoms with Crippen molar-refractivity contribution in [3.05, 3.63) is 28.2 Å². The van der Waals surface area contributed by atoms with E-state index in [0.717, 1.165) is 22.2 Å². The standard InChI is InChI=1S/C17H20BrNO4/c1-19(15(20)10-17(16(21)22)6-2-7-17)13-5-8-23-14-4-3-11(18)9-12(13)14/h3-4,9,13H,2,5-8,10H2,1H3,(H,21,22)/t13-/m0/s1. The molecule has 1 amide bonds. The summed E-state index contributed by atoms with van der Waals surface area (Å²) < 4.78 is 6.60. The van der Waals surface area contributed by atoms with Crippen molar-refractivity contribution >= 4 is 27.8 Å². The third-order valence-electron chi connectivity index (χ3n) is 5.09. The normalized spacial score (nSPS) is 21.6. The van der Waals surface area contributed by atoms with Crippen molar-refractivity contribution in [3.63, 3.8) is 0 Å². The number of benzene rings is 1. The van der Waals surface area contributed by atoms with Gasteiger partial charge in [-0.15, -0.1) is 0 Å². The Bertz CT molecular complexity index is 641. The maximum absolute atomic E-state index is 12.7. The van der Waals surface area contributed by atoms with Crippen LogP contribution in [-0.2, 0) is 9.59 Å². The van der Waals surface area contributed by atoms with Gasteiger partial charge in [0.1, 0.15) is 5.75 Å². The minimum absolute atomic E-state index is 0.0744. The Labute approximate surface area is 143 Å². The number of hydrogen-bond acceptors (Lipinski definition) is 3. The van der Waals surface area contributed by atoms with Crippen LogP contribution in [0.5, 0.6) is 5.75 Å². The predicted molar refractivity (Wildman–Crippen MR) is 88.3 cm³/mol. The fourth-order valence-corrected chi connectivity index (χ4v) is 3.79. The monoisotopic (exact) mass is 381 g/mol. The average molecular weight is 382 g/mol. The molecule has 23 heavy (non-hydrogen) atoms. The van der Waals surface area contributed by atoms with Crippen LogP contribution in [0.4, 0.5) is 0 Å². The first-order chi connectivity index (χ1) is 10.9. The van der Waals surface area contributed by atoms with Gasteiger partial charge < -0.3 is 14.7 Å². The Morgan fingerprint density at radius 1 is 1.43 bits per heavy atom. The van der Waals surface area contributed by atoms with E-state index in [1.807, 2.05) is 18.2 Å². The van der Waals surface area contributed by atoms with Crippen molar-refractivity contribution in [1.82, 2.24) is 4.90 Å². The van der Waals surface area contributed by atoms with Crippen LogP contribution in [0.15, 0.2) is 22.7 Å². The molecule has 1 aromatic rings. The number of carbonyl (C=O) groups excluding carboxylic acids is 1. The van der Waals surface area contributed by atoms with Crippen LogP contribution < -0.4 is 4.74 Å². The molecule has 1 N–H and O–H groups in total. The second kappa shape index (κ2) is 6.15. The van der Waals surface area contributed by atoms with Gasteiger partial charge in [0.15, 0.2) is 0 Å². The van der Waals surface area contributed by atoms with E-state index in [9.17, 15) is 14.7 Å². The van der Waals surface area contributed by atoms with Crippen molar-refractivity contribution in [1.29, 1.82) is 0 Å². The number of hydrogen-bond donors (Lipinski definition) is 1. The van der Waals surface area contributed by atoms with E-state index in [-0.39, 0.29) is 18.4 Å². The lowest BCUT2D eigenvalue weighted by Gasteiger charge is -2.40. The maximum atomic E-state index is 12.7. The van der Waals surface area contributed by atoms with E-state index in [4.69, 9.17) is 4.74 Å². The SMILES string of the molecule is CN(C(=O)CC1(C(=O)O)CCC1)[C@H]1CCOc2ccc(Br)cc21. The lowest BCUT2D eigenvalue weighted by atomic mass is 9.66. The van der Waals surface area contributed by atoms with Gasteiger partial charge in [-0.2, -0.15) is 0 Å². The van der Waals surface area contributed by atoms with E-state index in [1.54, 1.807) is 11.9 Å². The molecule has 1 atom stereocenters. The Kier molecular flexibility index (Phi) is 4.36. The maximum Gasteiger partial charge on any atom is 0.310 e. The van der Waals surface area contributed by atoms with Gasteiger partial charge in [0.05, 0.1) is 18.1 Å². The molecular weight excluding hydrogens is 362 g/mol. The number of ether oxygens (including phenoxy) is 1. The second-order valence-corrected chi connectivity index (χ2v) is 7.37. The number of carboxylic acids is 1. The molecule has 1 fully saturated rings. The third kappa shape index (κ3) is 2.96. The third-order valence-corrected chi connectivity index (χ3v) is 5.59. The fourth-order valence-electron chi connectivity index (χ4n) is 3.41. The minimum atomic E-state index is -0.851. The number of carboxylic acid groups (broad SMARTS) is 1. The van der Waals surface area contributed by atoms with E-state index in [2.05, 4.69) is 15.9 Å². The van der Waals surface area contributed by atoms with Gasteiger partial charge in [0.2, 0.25) is 5.91 Å². The number of nitrogens with zero attached hydrogens (tertiary/aromatic N) is 1. The zero-order chi connectivity index (χ0) is 16.6. The highest BCUT2D eigenvalue weighted by molar-refractivity contribution is 9.10. The summed E-state index contributed by atoms with van der Waals surface area (Å²) in [5.74, 6) is -0.161. The summed E-state index contributed by atoms with van der Waals surface area (Å²) in [7, 11) is 1.76. The molecule has 6 heteroatoms. The summed E-state index contributed by atoms with van der Waals surface area (Å²) in [4.78, 5) is 25.8. The molecule has 0 spiro atoms. The molecule has 1 aliphatic carbocycles. The summed E-state index contributed by atoms with van der Waals surface area (Å²) in [6.07, 6.45) is 2.87. The first kappa shape index (κ1) is 16.3. The van der Waals surface area contributed by atoms with Crippen LogP contribution in [-0.4, -0.2) is 35.5 Å². The van der Waals surface area contributed by atoms with Gasteiger partial charge in [0, 0.05) is 29.9 Å². The highest BCUT2D eigenvalue weighted by Crippen LogP contribution is 2.45. The van der Waals surface area contributed by atoms with Crippen LogP contribution >= 0.6 is 15.9 Å². The van der Waals surface area contributed by atoms with Crippen molar-refractivity contribution in [2.24, 2.45) is 5.41 Å². The van der Waals surface area contributed by atoms with Crippen LogP contribution in [0.2, 0.25) is 0 Å². The molecule has 1 aromatic carbocycles. The largest absolute Gasteiger partial charge is 0.493 e. The highest BCUT2D eigenvalue weighted by atomic mass is 79.9. The zero-order valence-corrected chi connectivity index (χ0v) is 14.6. The van der Waals surface area contributed by atoms with Crippen molar-refractivity contribution in [3.8, 4) is 5.75 Å². The molecule has 1 heterocycles. The number of fused-ring (bicyclic) bond motifs is 1. The summed E-state index contributed by atoms with van der Waals surface area (Å²) in [5, 5.41) is 9.42. The van der Waals surface area contributed by atoms with Gasteiger partial charge in [-0.25, -0.2) is 0 Å². The Morgan fingerprint density at radius 3 is 2.78 bits per heavy atom. The number of amides is 1. The second-order valence-electron chi connectivity index (χ2n) is 6.46. The highest BCUT2D eigenvalue weighted by Gasteiger charge is 2.47. The van der Waals surface area contributed by atoms with Crippen LogP contribution in [0.3, 0.4) is 0 Å². The molecule has 0 radical (unpaired) electrons. The molecule has 2 aliphatic rings. The fraction of sp³-hybridized carbons (Fsp3) is 0.529. The molecule has 1 aliphatic heterocycles. The Morgan fingerprint density at radius 2 is 2.17 bits per heavy atom. The van der Waals surface area contributed by atoms with E-state index in [0.29, 0.717) is 25.9 Å². The predicted octanol–water partition coefficient (Wildman–Crippen LogP) is 3.38. The molecule has 0 unspecified atom stereocenters. The zero-order valence-electron chi connectivity index (χ0n) is 13.0. The molecule has 124 valence electrons. The van der Waals surface area contributed by atoms with Gasteiger partial charge >= 0.3 is 5.97 Å². The number of rotatable bonds is 4. The molecular formula is C17H20BrNO4. The van der Waals surface area contributed by atoms with Gasteiger partial charge in [-0.1, -0.05) is 22.4 Å². The molecule has 3 rings (SSSR count). The summed E-state index contributed by atoms with van der Waals surface area (Å²) in [6.45, 7) is 0.557. The summed E-state index contributed by atoms with van der Waals surface area (Å²) in [6, 6.07) is 5.71. The molecule has 0 saturated heterocycles. The topological polar surface area (TPSA) is 66.8 Å². The summed E-state index contributed by atoms with van der Waals surface area (Å²) >= 11 is 3.46. The number of aliphatic carboxylic acids is 1. The Hall–Kier alpha value is -1.56. The van der Waals surface area contributed by atoms with Gasteiger partial charge in [-0.3, -0.25) is 9.59 Å². The van der Waals surface area contributed by atoms with Gasteiger partial charge in [0.25, 0.3) is 0 Å². The first-order valence-corrected chi connectivity index (χ1v) is 8.63. The first-order valence-electron chi connectivity index (χ1n) is 7.84. The van der Waals surface area contributed by atoms with Crippen LogP contribution in [0.1, 0.15) is 43.7 Å². The lowest BCUT2D eigenvalue weighted by molar-refractivity contribution is -0.159. The number of halogens is 1. The Balaban J connectivity index is 1.79. The molecule has 0 aromatic heterocycles. The number of carbonyl (C=O) groups is 2. The lowest BCUT2D eigenvalue weighted by Crippen LogP contribution is -2.44. The molecule has 1 saturated carbocycles. The van der Waals surface area contributed by atoms with Crippen LogP contribution in [0, 0.1) is 5.41 Å². The molecule has 0 bridgehead atoms. The van der Waals surface area contributed by atoms with E-state index >= 15 is 0 Å². The van der Waals surface area contributed by atoms with Crippen LogP contribution in [0.25, 0.3) is 0 Å². The minimum Gasteiger partial charge on any atom is -0.493 e. The summed E-state index contributed by atoms with van der Waals surface area (Å²) in [5.41, 5.74) is 0.121. The van der Waals surface area contributed by atoms with E-state index in [1.165, 1.54) is 0 Å². The van der Waals surface area contributed by atoms with Crippen molar-refractivity contribution in [2.75, 3.05) is 13.7 Å². The van der Waals surface area contributed by atoms with Crippen molar-refractivity contribution in [2.45, 2.75) is 38.1 Å². The quantitative estimate of drug-likeness (QED) is 0.867. The van der Waals surface area contributed by atoms with Gasteiger partial charge in [-0.05, 0) is 31.0 Å². The van der Waals surface area contributed by atoms with Crippen molar-refractivity contribution < 1.29 is 19.4 Å². The molecule has 5 nitrogen and oxygen atoms in total. The smallest absolute Gasteiger partial charge is 0.310 e.